The van der Waals surface area contributed by atoms with Crippen molar-refractivity contribution in [2.75, 3.05) is 0 Å². The summed E-state index contributed by atoms with van der Waals surface area (Å²) in [5.41, 5.74) is 7.03. The third kappa shape index (κ3) is 2.01. The number of primary amides is 1. The minimum absolute atomic E-state index is 0.225. The van der Waals surface area contributed by atoms with Gasteiger partial charge in [-0.15, -0.1) is 0 Å². The maximum atomic E-state index is 11.1. The number of hydrogen-bond acceptors (Lipinski definition) is 3. The van der Waals surface area contributed by atoms with Crippen LogP contribution >= 0.6 is 23.2 Å². The molecule has 96 valence electrons. The standard InChI is InChI=1S/C12H8Cl2N4O/c13-8-2-1-6(3-9(8)14)12-16-5-7-4-10(11(15)19)17-18(7)12/h1-4H,5H2,(H2,15,19). The molecule has 2 heterocycles. The Hall–Kier alpha value is -1.85. The van der Waals surface area contributed by atoms with E-state index in [1.165, 1.54) is 0 Å². The molecule has 7 heteroatoms. The molecule has 0 spiro atoms. The molecule has 0 radical (unpaired) electrons. The van der Waals surface area contributed by atoms with Crippen molar-refractivity contribution < 1.29 is 4.79 Å². The van der Waals surface area contributed by atoms with Crippen LogP contribution in [-0.2, 0) is 6.54 Å². The molecule has 3 rings (SSSR count). The van der Waals surface area contributed by atoms with Crippen LogP contribution in [-0.4, -0.2) is 21.5 Å². The number of aromatic nitrogens is 2. The Bertz CT molecular complexity index is 721. The van der Waals surface area contributed by atoms with E-state index in [0.29, 0.717) is 22.4 Å². The first-order chi connectivity index (χ1) is 9.06. The highest BCUT2D eigenvalue weighted by molar-refractivity contribution is 6.42. The molecule has 1 aliphatic rings. The van der Waals surface area contributed by atoms with Crippen LogP contribution in [0.15, 0.2) is 29.3 Å². The van der Waals surface area contributed by atoms with Crippen LogP contribution in [0.5, 0.6) is 0 Å². The van der Waals surface area contributed by atoms with Gasteiger partial charge in [0.25, 0.3) is 5.91 Å². The molecule has 1 aliphatic heterocycles. The highest BCUT2D eigenvalue weighted by Crippen LogP contribution is 2.25. The first-order valence-electron chi connectivity index (χ1n) is 5.45. The average molecular weight is 295 g/mol. The molecular weight excluding hydrogens is 287 g/mol. The molecule has 1 aromatic heterocycles. The van der Waals surface area contributed by atoms with Gasteiger partial charge in [-0.2, -0.15) is 5.10 Å². The summed E-state index contributed by atoms with van der Waals surface area (Å²) in [6.07, 6.45) is 0. The van der Waals surface area contributed by atoms with Crippen LogP contribution in [0.3, 0.4) is 0 Å². The van der Waals surface area contributed by atoms with Gasteiger partial charge in [-0.1, -0.05) is 23.2 Å². The number of hydrogen-bond donors (Lipinski definition) is 1. The van der Waals surface area contributed by atoms with Crippen LogP contribution in [0.1, 0.15) is 21.7 Å². The third-order valence-electron chi connectivity index (χ3n) is 2.80. The van der Waals surface area contributed by atoms with Crippen molar-refractivity contribution in [1.82, 2.24) is 9.78 Å². The highest BCUT2D eigenvalue weighted by Gasteiger charge is 2.21. The van der Waals surface area contributed by atoms with Gasteiger partial charge in [-0.05, 0) is 24.3 Å². The van der Waals surface area contributed by atoms with Gasteiger partial charge in [0.2, 0.25) is 0 Å². The highest BCUT2D eigenvalue weighted by atomic mass is 35.5. The minimum atomic E-state index is -0.560. The van der Waals surface area contributed by atoms with Crippen LogP contribution in [0.25, 0.3) is 0 Å². The van der Waals surface area contributed by atoms with Crippen molar-refractivity contribution in [3.8, 4) is 0 Å². The Labute approximate surface area is 118 Å². The number of amides is 1. The third-order valence-corrected chi connectivity index (χ3v) is 3.54. The molecule has 0 saturated heterocycles. The van der Waals surface area contributed by atoms with Crippen molar-refractivity contribution in [1.29, 1.82) is 0 Å². The minimum Gasteiger partial charge on any atom is -0.364 e. The van der Waals surface area contributed by atoms with Crippen molar-refractivity contribution >= 4 is 34.9 Å². The van der Waals surface area contributed by atoms with Crippen LogP contribution in [0.2, 0.25) is 10.0 Å². The molecular formula is C12H8Cl2N4O. The van der Waals surface area contributed by atoms with E-state index in [1.54, 1.807) is 28.9 Å². The zero-order valence-corrected chi connectivity index (χ0v) is 11.1. The normalized spacial score (nSPS) is 13.3. The Kier molecular flexibility index (Phi) is 2.80. The Morgan fingerprint density at radius 1 is 1.26 bits per heavy atom. The first kappa shape index (κ1) is 12.2. The van der Waals surface area contributed by atoms with Gasteiger partial charge in [0.05, 0.1) is 22.3 Å². The van der Waals surface area contributed by atoms with Crippen LogP contribution in [0, 0.1) is 0 Å². The van der Waals surface area contributed by atoms with E-state index in [2.05, 4.69) is 10.1 Å². The van der Waals surface area contributed by atoms with Crippen molar-refractivity contribution in [2.24, 2.45) is 10.7 Å². The Balaban J connectivity index is 2.05. The van der Waals surface area contributed by atoms with Crippen molar-refractivity contribution in [3.05, 3.63) is 51.3 Å². The molecule has 1 aromatic carbocycles. The van der Waals surface area contributed by atoms with E-state index in [9.17, 15) is 4.79 Å². The molecule has 19 heavy (non-hydrogen) atoms. The lowest BCUT2D eigenvalue weighted by atomic mass is 10.2. The topological polar surface area (TPSA) is 73.3 Å². The zero-order chi connectivity index (χ0) is 13.6. The van der Waals surface area contributed by atoms with E-state index >= 15 is 0 Å². The number of aliphatic imine (C=N–C) groups is 1. The van der Waals surface area contributed by atoms with E-state index < -0.39 is 5.91 Å². The van der Waals surface area contributed by atoms with Gasteiger partial charge >= 0.3 is 0 Å². The van der Waals surface area contributed by atoms with Crippen LogP contribution < -0.4 is 5.73 Å². The molecule has 0 saturated carbocycles. The fourth-order valence-corrected chi connectivity index (χ4v) is 2.21. The molecule has 0 aliphatic carbocycles. The average Bonchev–Trinajstić information content (AvgIpc) is 2.92. The van der Waals surface area contributed by atoms with Crippen molar-refractivity contribution in [3.63, 3.8) is 0 Å². The Morgan fingerprint density at radius 3 is 2.74 bits per heavy atom. The summed E-state index contributed by atoms with van der Waals surface area (Å²) in [6.45, 7) is 0.454. The summed E-state index contributed by atoms with van der Waals surface area (Å²) in [5, 5.41) is 5.05. The summed E-state index contributed by atoms with van der Waals surface area (Å²) in [5.74, 6) is 0.0662. The lowest BCUT2D eigenvalue weighted by Gasteiger charge is -2.04. The predicted octanol–water partition coefficient (Wildman–Crippen LogP) is 2.10. The Morgan fingerprint density at radius 2 is 2.05 bits per heavy atom. The molecule has 0 atom stereocenters. The van der Waals surface area contributed by atoms with Gasteiger partial charge in [0, 0.05) is 5.56 Å². The molecule has 5 nitrogen and oxygen atoms in total. The van der Waals surface area contributed by atoms with E-state index in [4.69, 9.17) is 28.9 Å². The molecule has 0 fully saturated rings. The maximum absolute atomic E-state index is 11.1. The number of rotatable bonds is 2. The largest absolute Gasteiger partial charge is 0.364 e. The number of nitrogens with zero attached hydrogens (tertiary/aromatic N) is 3. The monoisotopic (exact) mass is 294 g/mol. The molecule has 0 unspecified atom stereocenters. The second-order valence-corrected chi connectivity index (χ2v) is 4.88. The lowest BCUT2D eigenvalue weighted by molar-refractivity contribution is 0.0995. The fourth-order valence-electron chi connectivity index (χ4n) is 1.91. The van der Waals surface area contributed by atoms with E-state index in [1.807, 2.05) is 0 Å². The van der Waals surface area contributed by atoms with Gasteiger partial charge in [0.1, 0.15) is 0 Å². The molecule has 2 aromatic rings. The molecule has 1 amide bonds. The summed E-state index contributed by atoms with van der Waals surface area (Å²) >= 11 is 11.9. The number of benzene rings is 1. The fraction of sp³-hybridized carbons (Fsp3) is 0.0833. The quantitative estimate of drug-likeness (QED) is 0.921. The number of halogens is 2. The van der Waals surface area contributed by atoms with E-state index in [-0.39, 0.29) is 5.69 Å². The number of nitrogens with two attached hydrogens (primary N) is 1. The predicted molar refractivity (Wildman–Crippen MR) is 72.8 cm³/mol. The number of carbonyl (C=O) groups is 1. The van der Waals surface area contributed by atoms with Gasteiger partial charge in [-0.25, -0.2) is 4.68 Å². The number of carbonyl (C=O) groups excluding carboxylic acids is 1. The summed E-state index contributed by atoms with van der Waals surface area (Å²) < 4.78 is 1.60. The van der Waals surface area contributed by atoms with E-state index in [0.717, 1.165) is 11.3 Å². The van der Waals surface area contributed by atoms with Crippen LogP contribution in [0.4, 0.5) is 0 Å². The SMILES string of the molecule is NC(=O)c1cc2n(n1)C(c1ccc(Cl)c(Cl)c1)=NC2. The smallest absolute Gasteiger partial charge is 0.269 e. The van der Waals surface area contributed by atoms with Gasteiger partial charge < -0.3 is 5.73 Å². The lowest BCUT2D eigenvalue weighted by Crippen LogP contribution is -2.16. The summed E-state index contributed by atoms with van der Waals surface area (Å²) in [6, 6.07) is 6.84. The summed E-state index contributed by atoms with van der Waals surface area (Å²) in [7, 11) is 0. The second kappa shape index (κ2) is 4.36. The van der Waals surface area contributed by atoms with Gasteiger partial charge in [-0.3, -0.25) is 9.79 Å². The first-order valence-corrected chi connectivity index (χ1v) is 6.21. The zero-order valence-electron chi connectivity index (χ0n) is 9.60. The molecule has 2 N–H and O–H groups in total. The molecule has 0 bridgehead atoms. The summed E-state index contributed by atoms with van der Waals surface area (Å²) in [4.78, 5) is 15.5. The second-order valence-electron chi connectivity index (χ2n) is 4.07. The number of fused-ring (bicyclic) bond motifs is 1. The van der Waals surface area contributed by atoms with Gasteiger partial charge in [0.15, 0.2) is 11.5 Å². The van der Waals surface area contributed by atoms with Crippen molar-refractivity contribution in [2.45, 2.75) is 6.54 Å². The maximum Gasteiger partial charge on any atom is 0.269 e.